The molecular weight excluding hydrogens is 220 g/mol. The van der Waals surface area contributed by atoms with E-state index in [-0.39, 0.29) is 12.0 Å². The molecule has 0 aromatic carbocycles. The largest absolute Gasteiger partial charge is 0.480 e. The van der Waals surface area contributed by atoms with Crippen LogP contribution in [0.2, 0.25) is 0 Å². The van der Waals surface area contributed by atoms with Crippen LogP contribution in [-0.2, 0) is 4.79 Å². The summed E-state index contributed by atoms with van der Waals surface area (Å²) < 4.78 is 0. The third-order valence-electron chi connectivity index (χ3n) is 3.51. The molecule has 0 aromatic rings. The number of carboxylic acids is 1. The van der Waals surface area contributed by atoms with Crippen LogP contribution in [0.4, 0.5) is 0 Å². The molecule has 100 valence electrons. The molecule has 1 saturated heterocycles. The fourth-order valence-electron chi connectivity index (χ4n) is 1.97. The van der Waals surface area contributed by atoms with E-state index >= 15 is 0 Å². The normalized spacial score (nSPS) is 26.7. The smallest absolute Gasteiger partial charge is 0.323 e. The van der Waals surface area contributed by atoms with Crippen molar-refractivity contribution < 1.29 is 15.0 Å². The van der Waals surface area contributed by atoms with E-state index in [0.29, 0.717) is 19.1 Å². The highest BCUT2D eigenvalue weighted by atomic mass is 16.4. The number of β-amino-alcohol motifs (C(OH)–C–C–N with tert-alkyl or cyclic N) is 1. The van der Waals surface area contributed by atoms with Crippen LogP contribution in [0.1, 0.15) is 27.7 Å². The lowest BCUT2D eigenvalue weighted by molar-refractivity contribution is -0.143. The minimum absolute atomic E-state index is 0.107. The maximum atomic E-state index is 10.9. The number of aliphatic hydroxyl groups excluding tert-OH is 1. The monoisotopic (exact) mass is 244 g/mol. The predicted octanol–water partition coefficient (Wildman–Crippen LogP) is 0.140. The van der Waals surface area contributed by atoms with Gasteiger partial charge in [-0.2, -0.15) is 0 Å². The Labute approximate surface area is 103 Å². The molecule has 2 unspecified atom stereocenters. The number of carbonyl (C=O) groups is 1. The van der Waals surface area contributed by atoms with E-state index in [2.05, 4.69) is 24.1 Å². The Morgan fingerprint density at radius 3 is 2.47 bits per heavy atom. The van der Waals surface area contributed by atoms with E-state index in [1.54, 1.807) is 13.8 Å². The molecular formula is C12H24N2O3. The molecule has 0 saturated carbocycles. The van der Waals surface area contributed by atoms with E-state index in [0.717, 1.165) is 6.54 Å². The first-order valence-electron chi connectivity index (χ1n) is 6.14. The molecule has 1 rings (SSSR count). The van der Waals surface area contributed by atoms with Gasteiger partial charge >= 0.3 is 5.97 Å². The maximum Gasteiger partial charge on any atom is 0.323 e. The highest BCUT2D eigenvalue weighted by Gasteiger charge is 2.34. The number of likely N-dealkylation sites (tertiary alicyclic amines) is 1. The van der Waals surface area contributed by atoms with Crippen molar-refractivity contribution in [3.05, 3.63) is 0 Å². The van der Waals surface area contributed by atoms with Gasteiger partial charge in [0.1, 0.15) is 5.54 Å². The van der Waals surface area contributed by atoms with Crippen molar-refractivity contribution >= 4 is 5.97 Å². The van der Waals surface area contributed by atoms with Crippen molar-refractivity contribution in [3.8, 4) is 0 Å². The Morgan fingerprint density at radius 2 is 2.06 bits per heavy atom. The lowest BCUT2D eigenvalue weighted by Crippen LogP contribution is -2.49. The van der Waals surface area contributed by atoms with Crippen molar-refractivity contribution in [1.82, 2.24) is 10.2 Å². The average molecular weight is 244 g/mol. The second-order valence-electron chi connectivity index (χ2n) is 5.69. The van der Waals surface area contributed by atoms with Gasteiger partial charge in [0.15, 0.2) is 0 Å². The Kier molecular flexibility index (Phi) is 4.52. The van der Waals surface area contributed by atoms with Crippen molar-refractivity contribution in [2.24, 2.45) is 5.92 Å². The third-order valence-corrected chi connectivity index (χ3v) is 3.51. The van der Waals surface area contributed by atoms with Crippen molar-refractivity contribution in [3.63, 3.8) is 0 Å². The van der Waals surface area contributed by atoms with Crippen LogP contribution in [-0.4, -0.2) is 58.4 Å². The van der Waals surface area contributed by atoms with Gasteiger partial charge in [0.25, 0.3) is 0 Å². The van der Waals surface area contributed by atoms with E-state index in [9.17, 15) is 9.90 Å². The van der Waals surface area contributed by atoms with E-state index < -0.39 is 11.5 Å². The molecule has 17 heavy (non-hydrogen) atoms. The van der Waals surface area contributed by atoms with E-state index in [1.165, 1.54) is 0 Å². The van der Waals surface area contributed by atoms with Crippen LogP contribution < -0.4 is 5.32 Å². The van der Waals surface area contributed by atoms with Crippen LogP contribution >= 0.6 is 0 Å². The van der Waals surface area contributed by atoms with Gasteiger partial charge in [-0.3, -0.25) is 9.69 Å². The second kappa shape index (κ2) is 5.33. The lowest BCUT2D eigenvalue weighted by atomic mass is 10.0. The predicted molar refractivity (Wildman–Crippen MR) is 65.9 cm³/mol. The minimum Gasteiger partial charge on any atom is -0.480 e. The zero-order valence-corrected chi connectivity index (χ0v) is 11.1. The molecule has 2 atom stereocenters. The van der Waals surface area contributed by atoms with Gasteiger partial charge in [-0.05, 0) is 27.7 Å². The van der Waals surface area contributed by atoms with Crippen LogP contribution in [0.15, 0.2) is 0 Å². The zero-order valence-electron chi connectivity index (χ0n) is 11.1. The van der Waals surface area contributed by atoms with Gasteiger partial charge in [-0.25, -0.2) is 0 Å². The molecule has 1 heterocycles. The molecule has 3 N–H and O–H groups in total. The highest BCUT2D eigenvalue weighted by Crippen LogP contribution is 2.19. The summed E-state index contributed by atoms with van der Waals surface area (Å²) in [5, 5.41) is 21.9. The molecule has 0 aliphatic carbocycles. The molecule has 1 aliphatic heterocycles. The van der Waals surface area contributed by atoms with Crippen LogP contribution in [0.3, 0.4) is 0 Å². The summed E-state index contributed by atoms with van der Waals surface area (Å²) in [6, 6.07) is 0.419. The van der Waals surface area contributed by atoms with Gasteiger partial charge in [0.2, 0.25) is 0 Å². The summed E-state index contributed by atoms with van der Waals surface area (Å²) in [6.07, 6.45) is -0.366. The standard InChI is InChI=1S/C12H24N2O3/c1-8(2)14-6-9(10(15)7-14)5-13-12(3,4)11(16)17/h8-10,13,15H,5-7H2,1-4H3,(H,16,17). The Morgan fingerprint density at radius 1 is 1.47 bits per heavy atom. The Balaban J connectivity index is 2.46. The first-order chi connectivity index (χ1) is 7.74. The van der Waals surface area contributed by atoms with Crippen LogP contribution in [0, 0.1) is 5.92 Å². The number of aliphatic hydroxyl groups is 1. The molecule has 0 amide bonds. The molecule has 5 heteroatoms. The number of nitrogens with one attached hydrogen (secondary N) is 1. The Hall–Kier alpha value is -0.650. The molecule has 5 nitrogen and oxygen atoms in total. The maximum absolute atomic E-state index is 10.9. The van der Waals surface area contributed by atoms with Crippen molar-refractivity contribution in [1.29, 1.82) is 0 Å². The van der Waals surface area contributed by atoms with Gasteiger partial charge < -0.3 is 15.5 Å². The molecule has 0 radical (unpaired) electrons. The summed E-state index contributed by atoms with van der Waals surface area (Å²) in [5.74, 6) is -0.762. The quantitative estimate of drug-likeness (QED) is 0.641. The lowest BCUT2D eigenvalue weighted by Gasteiger charge is -2.24. The number of hydrogen-bond donors (Lipinski definition) is 3. The summed E-state index contributed by atoms with van der Waals surface area (Å²) in [5.41, 5.74) is -0.940. The minimum atomic E-state index is -0.940. The number of nitrogens with zero attached hydrogens (tertiary/aromatic N) is 1. The van der Waals surface area contributed by atoms with Crippen molar-refractivity contribution in [2.45, 2.75) is 45.4 Å². The van der Waals surface area contributed by atoms with Crippen molar-refractivity contribution in [2.75, 3.05) is 19.6 Å². The van der Waals surface area contributed by atoms with Crippen LogP contribution in [0.25, 0.3) is 0 Å². The van der Waals surface area contributed by atoms with E-state index in [4.69, 9.17) is 5.11 Å². The molecule has 0 aromatic heterocycles. The average Bonchev–Trinajstić information content (AvgIpc) is 2.57. The first-order valence-corrected chi connectivity index (χ1v) is 6.14. The number of hydrogen-bond acceptors (Lipinski definition) is 4. The molecule has 0 bridgehead atoms. The second-order valence-corrected chi connectivity index (χ2v) is 5.69. The third kappa shape index (κ3) is 3.66. The fourth-order valence-corrected chi connectivity index (χ4v) is 1.97. The summed E-state index contributed by atoms with van der Waals surface area (Å²) >= 11 is 0. The van der Waals surface area contributed by atoms with Gasteiger partial charge in [0, 0.05) is 31.6 Å². The molecule has 1 fully saturated rings. The first kappa shape index (κ1) is 14.4. The summed E-state index contributed by atoms with van der Waals surface area (Å²) in [6.45, 7) is 9.50. The topological polar surface area (TPSA) is 72.8 Å². The van der Waals surface area contributed by atoms with Gasteiger partial charge in [-0.1, -0.05) is 0 Å². The summed E-state index contributed by atoms with van der Waals surface area (Å²) in [4.78, 5) is 13.2. The zero-order chi connectivity index (χ0) is 13.2. The number of rotatable bonds is 5. The van der Waals surface area contributed by atoms with E-state index in [1.807, 2.05) is 0 Å². The van der Waals surface area contributed by atoms with Gasteiger partial charge in [0.05, 0.1) is 6.10 Å². The van der Waals surface area contributed by atoms with Gasteiger partial charge in [-0.15, -0.1) is 0 Å². The summed E-state index contributed by atoms with van der Waals surface area (Å²) in [7, 11) is 0. The Bertz CT molecular complexity index is 279. The fraction of sp³-hybridized carbons (Fsp3) is 0.917. The number of aliphatic carboxylic acids is 1. The molecule has 0 spiro atoms. The van der Waals surface area contributed by atoms with Crippen LogP contribution in [0.5, 0.6) is 0 Å². The highest BCUT2D eigenvalue weighted by molar-refractivity contribution is 5.77. The SMILES string of the molecule is CC(C)N1CC(O)C(CNC(C)(C)C(=O)O)C1. The molecule has 1 aliphatic rings. The number of carboxylic acid groups (broad SMARTS) is 1.